The van der Waals surface area contributed by atoms with E-state index in [-0.39, 0.29) is 24.6 Å². The van der Waals surface area contributed by atoms with Crippen molar-refractivity contribution >= 4 is 23.6 Å². The molecule has 0 aromatic heterocycles. The summed E-state index contributed by atoms with van der Waals surface area (Å²) in [7, 11) is 6.20. The van der Waals surface area contributed by atoms with E-state index in [2.05, 4.69) is 61.4 Å². The predicted molar refractivity (Wildman–Crippen MR) is 167 cm³/mol. The number of nitrogens with zero attached hydrogens (tertiary/aromatic N) is 4. The van der Waals surface area contributed by atoms with Gasteiger partial charge in [-0.25, -0.2) is 0 Å². The number of fused-ring (bicyclic) bond motifs is 1. The fourth-order valence-corrected chi connectivity index (χ4v) is 5.68. The lowest BCUT2D eigenvalue weighted by Gasteiger charge is -2.32. The Labute approximate surface area is 245 Å². The van der Waals surface area contributed by atoms with Crippen LogP contribution in [0.1, 0.15) is 54.9 Å². The number of hydrogen-bond donors (Lipinski definition) is 2. The molecule has 41 heavy (non-hydrogen) atoms. The number of amides is 2. The molecule has 2 aromatic carbocycles. The van der Waals surface area contributed by atoms with Crippen LogP contribution in [0.5, 0.6) is 0 Å². The van der Waals surface area contributed by atoms with Crippen molar-refractivity contribution in [3.05, 3.63) is 59.2 Å². The summed E-state index contributed by atoms with van der Waals surface area (Å²) < 4.78 is 0. The van der Waals surface area contributed by atoms with Crippen molar-refractivity contribution < 1.29 is 14.7 Å². The summed E-state index contributed by atoms with van der Waals surface area (Å²) in [5.74, 6) is 0.157. The van der Waals surface area contributed by atoms with Crippen LogP contribution in [-0.2, 0) is 4.79 Å². The standard InChI is InChI=1S/C33H47N5O3/c1-5-16-37(19-8-21-39)33(41)29-22-28-14-13-27(23-30(28)36(4)31(24-29)34-15-20-35(2)3)25-9-11-26(12-10-25)32(40)38-17-6-7-18-38/h9-14,22-23,31,34,39H,5-8,15-21,24H2,1-4H3. The summed E-state index contributed by atoms with van der Waals surface area (Å²) in [6, 6.07) is 14.3. The molecule has 2 aromatic rings. The summed E-state index contributed by atoms with van der Waals surface area (Å²) in [5.41, 5.74) is 5.71. The summed E-state index contributed by atoms with van der Waals surface area (Å²) in [5, 5.41) is 13.1. The molecule has 1 unspecified atom stereocenters. The molecule has 222 valence electrons. The van der Waals surface area contributed by atoms with E-state index in [0.717, 1.165) is 79.0 Å². The SMILES string of the molecule is CCCN(CCCO)C(=O)C1=Cc2ccc(-c3ccc(C(=O)N4CCCC4)cc3)cc2N(C)C(NCCN(C)C)C1. The van der Waals surface area contributed by atoms with Crippen molar-refractivity contribution in [3.63, 3.8) is 0 Å². The second-order valence-electron chi connectivity index (χ2n) is 11.5. The van der Waals surface area contributed by atoms with E-state index < -0.39 is 0 Å². The summed E-state index contributed by atoms with van der Waals surface area (Å²) in [4.78, 5) is 34.8. The van der Waals surface area contributed by atoms with Crippen molar-refractivity contribution in [2.75, 3.05) is 71.9 Å². The van der Waals surface area contributed by atoms with Crippen LogP contribution in [0.2, 0.25) is 0 Å². The highest BCUT2D eigenvalue weighted by Crippen LogP contribution is 2.34. The highest BCUT2D eigenvalue weighted by atomic mass is 16.3. The first-order valence-electron chi connectivity index (χ1n) is 15.1. The van der Waals surface area contributed by atoms with E-state index >= 15 is 0 Å². The molecule has 2 aliphatic rings. The Morgan fingerprint density at radius 3 is 2.37 bits per heavy atom. The molecule has 0 saturated carbocycles. The zero-order valence-electron chi connectivity index (χ0n) is 25.2. The molecule has 2 heterocycles. The number of rotatable bonds is 12. The lowest BCUT2D eigenvalue weighted by molar-refractivity contribution is -0.127. The fourth-order valence-electron chi connectivity index (χ4n) is 5.68. The highest BCUT2D eigenvalue weighted by molar-refractivity contribution is 6.00. The number of likely N-dealkylation sites (tertiary alicyclic amines) is 1. The van der Waals surface area contributed by atoms with Gasteiger partial charge in [-0.3, -0.25) is 14.9 Å². The third-order valence-corrected chi connectivity index (χ3v) is 8.06. The van der Waals surface area contributed by atoms with Crippen molar-refractivity contribution in [1.29, 1.82) is 0 Å². The minimum Gasteiger partial charge on any atom is -0.396 e. The van der Waals surface area contributed by atoms with Crippen LogP contribution in [0, 0.1) is 0 Å². The van der Waals surface area contributed by atoms with E-state index in [0.29, 0.717) is 25.9 Å². The third kappa shape index (κ3) is 7.76. The molecule has 2 amide bonds. The van der Waals surface area contributed by atoms with Crippen molar-refractivity contribution in [1.82, 2.24) is 20.0 Å². The number of aliphatic hydroxyl groups is 1. The van der Waals surface area contributed by atoms with E-state index in [1.807, 2.05) is 40.1 Å². The van der Waals surface area contributed by atoms with Gasteiger partial charge in [-0.05, 0) is 80.7 Å². The number of anilines is 1. The lowest BCUT2D eigenvalue weighted by atomic mass is 9.99. The molecular formula is C33H47N5O3. The summed E-state index contributed by atoms with van der Waals surface area (Å²) >= 11 is 0. The molecule has 0 bridgehead atoms. The largest absolute Gasteiger partial charge is 0.396 e. The van der Waals surface area contributed by atoms with Crippen LogP contribution < -0.4 is 10.2 Å². The van der Waals surface area contributed by atoms with Crippen molar-refractivity contribution in [2.24, 2.45) is 0 Å². The van der Waals surface area contributed by atoms with Crippen molar-refractivity contribution in [2.45, 2.75) is 45.2 Å². The molecule has 0 radical (unpaired) electrons. The number of benzene rings is 2. The molecule has 0 aliphatic carbocycles. The Morgan fingerprint density at radius 2 is 1.71 bits per heavy atom. The number of likely N-dealkylation sites (N-methyl/N-ethyl adjacent to an activating group) is 1. The summed E-state index contributed by atoms with van der Waals surface area (Å²) in [6.07, 6.45) is 6.19. The normalized spacial score (nSPS) is 16.9. The highest BCUT2D eigenvalue weighted by Gasteiger charge is 2.28. The van der Waals surface area contributed by atoms with Gasteiger partial charge < -0.3 is 24.7 Å². The number of hydrogen-bond acceptors (Lipinski definition) is 6. The Kier molecular flexibility index (Phi) is 11.0. The number of nitrogens with one attached hydrogen (secondary N) is 1. The van der Waals surface area contributed by atoms with Gasteiger partial charge in [0, 0.05) is 76.2 Å². The molecule has 8 nitrogen and oxygen atoms in total. The van der Waals surface area contributed by atoms with E-state index in [9.17, 15) is 14.7 Å². The van der Waals surface area contributed by atoms with Gasteiger partial charge in [0.2, 0.25) is 5.91 Å². The average Bonchev–Trinajstić information content (AvgIpc) is 3.48. The van der Waals surface area contributed by atoms with Crippen LogP contribution in [0.15, 0.2) is 48.0 Å². The third-order valence-electron chi connectivity index (χ3n) is 8.06. The van der Waals surface area contributed by atoms with Gasteiger partial charge in [-0.1, -0.05) is 31.2 Å². The van der Waals surface area contributed by atoms with Gasteiger partial charge in [0.05, 0.1) is 6.17 Å². The summed E-state index contributed by atoms with van der Waals surface area (Å²) in [6.45, 7) is 6.76. The number of carbonyl (C=O) groups is 2. The van der Waals surface area contributed by atoms with Gasteiger partial charge in [-0.15, -0.1) is 0 Å². The first-order chi connectivity index (χ1) is 19.8. The number of carbonyl (C=O) groups excluding carboxylic acids is 2. The Bertz CT molecular complexity index is 1200. The van der Waals surface area contributed by atoms with E-state index in [1.165, 1.54) is 0 Å². The van der Waals surface area contributed by atoms with Gasteiger partial charge in [0.25, 0.3) is 5.91 Å². The molecule has 4 rings (SSSR count). The van der Waals surface area contributed by atoms with E-state index in [4.69, 9.17) is 0 Å². The van der Waals surface area contributed by atoms with Crippen molar-refractivity contribution in [3.8, 4) is 11.1 Å². The van der Waals surface area contributed by atoms with Gasteiger partial charge in [0.15, 0.2) is 0 Å². The first-order valence-corrected chi connectivity index (χ1v) is 15.1. The molecule has 2 N–H and O–H groups in total. The van der Waals surface area contributed by atoms with Crippen LogP contribution in [-0.4, -0.2) is 105 Å². The maximum Gasteiger partial charge on any atom is 0.253 e. The molecule has 1 fully saturated rings. The zero-order valence-corrected chi connectivity index (χ0v) is 25.2. The molecular weight excluding hydrogens is 514 g/mol. The van der Waals surface area contributed by atoms with Gasteiger partial charge in [0.1, 0.15) is 0 Å². The zero-order chi connectivity index (χ0) is 29.4. The van der Waals surface area contributed by atoms with Crippen LogP contribution in [0.4, 0.5) is 5.69 Å². The molecule has 0 spiro atoms. The Morgan fingerprint density at radius 1 is 1.00 bits per heavy atom. The van der Waals surface area contributed by atoms with Crippen LogP contribution in [0.3, 0.4) is 0 Å². The molecule has 2 aliphatic heterocycles. The van der Waals surface area contributed by atoms with Crippen LogP contribution >= 0.6 is 0 Å². The monoisotopic (exact) mass is 561 g/mol. The molecule has 8 heteroatoms. The fraction of sp³-hybridized carbons (Fsp3) is 0.515. The second-order valence-corrected chi connectivity index (χ2v) is 11.5. The Hall–Kier alpha value is -3.20. The number of aliphatic hydroxyl groups excluding tert-OH is 1. The maximum atomic E-state index is 13.8. The molecule has 1 atom stereocenters. The van der Waals surface area contributed by atoms with E-state index in [1.54, 1.807) is 0 Å². The van der Waals surface area contributed by atoms with Crippen LogP contribution in [0.25, 0.3) is 17.2 Å². The lowest BCUT2D eigenvalue weighted by Crippen LogP contribution is -2.47. The average molecular weight is 562 g/mol. The smallest absolute Gasteiger partial charge is 0.253 e. The minimum atomic E-state index is -0.0524. The minimum absolute atomic E-state index is 0.0447. The predicted octanol–water partition coefficient (Wildman–Crippen LogP) is 3.91. The Balaban J connectivity index is 1.64. The van der Waals surface area contributed by atoms with Gasteiger partial charge >= 0.3 is 0 Å². The maximum absolute atomic E-state index is 13.8. The van der Waals surface area contributed by atoms with Gasteiger partial charge in [-0.2, -0.15) is 0 Å². The first kappa shape index (κ1) is 30.8. The quantitative estimate of drug-likeness (QED) is 0.409. The topological polar surface area (TPSA) is 79.4 Å². The molecule has 1 saturated heterocycles. The second kappa shape index (κ2) is 14.6.